The number of ether oxygens (including phenoxy) is 2. The number of amides is 3. The summed E-state index contributed by atoms with van der Waals surface area (Å²) in [5, 5.41) is 14.2. The second-order valence-electron chi connectivity index (χ2n) is 9.44. The summed E-state index contributed by atoms with van der Waals surface area (Å²) in [6, 6.07) is 22.1. The Kier molecular flexibility index (Phi) is 11.3. The minimum Gasteiger partial charge on any atom is -0.481 e. The van der Waals surface area contributed by atoms with Crippen LogP contribution < -0.4 is 25.6 Å². The monoisotopic (exact) mass is 587 g/mol. The summed E-state index contributed by atoms with van der Waals surface area (Å²) < 4.78 is 11.5. The number of fused-ring (bicyclic) bond motifs is 2. The van der Waals surface area contributed by atoms with Crippen LogP contribution in [0, 0.1) is 11.8 Å². The largest absolute Gasteiger partial charge is 0.481 e. The Bertz CT molecular complexity index is 1400. The van der Waals surface area contributed by atoms with Gasteiger partial charge in [0.05, 0.1) is 17.7 Å². The van der Waals surface area contributed by atoms with E-state index in [1.165, 1.54) is 11.8 Å². The van der Waals surface area contributed by atoms with Gasteiger partial charge in [-0.1, -0.05) is 48.7 Å². The number of hydrogen-bond donors (Lipinski definition) is 4. The van der Waals surface area contributed by atoms with Gasteiger partial charge in [0.25, 0.3) is 5.91 Å². The lowest BCUT2D eigenvalue weighted by Gasteiger charge is -2.27. The minimum atomic E-state index is -0.579. The van der Waals surface area contributed by atoms with Crippen molar-refractivity contribution in [2.24, 2.45) is 0 Å². The van der Waals surface area contributed by atoms with Gasteiger partial charge in [0.2, 0.25) is 11.8 Å². The van der Waals surface area contributed by atoms with E-state index in [-0.39, 0.29) is 18.4 Å². The van der Waals surface area contributed by atoms with E-state index in [9.17, 15) is 19.6 Å². The van der Waals surface area contributed by atoms with Gasteiger partial charge < -0.3 is 20.1 Å². The van der Waals surface area contributed by atoms with Gasteiger partial charge in [-0.2, -0.15) is 0 Å². The van der Waals surface area contributed by atoms with Crippen LogP contribution in [0.15, 0.2) is 77.7 Å². The Balaban J connectivity index is 1.20. The van der Waals surface area contributed by atoms with Gasteiger partial charge >= 0.3 is 0 Å². The maximum absolute atomic E-state index is 13.2. The van der Waals surface area contributed by atoms with Crippen molar-refractivity contribution in [3.63, 3.8) is 0 Å². The number of hydrogen-bond acceptors (Lipinski definition) is 7. The number of para-hydroxylation sites is 2. The Morgan fingerprint density at radius 1 is 0.952 bits per heavy atom. The summed E-state index contributed by atoms with van der Waals surface area (Å²) in [5.41, 5.74) is 3.24. The molecule has 0 fully saturated rings. The predicted octanol–water partition coefficient (Wildman–Crippen LogP) is 4.40. The molecular formula is C32H33N3O6S. The van der Waals surface area contributed by atoms with E-state index in [4.69, 9.17) is 9.47 Å². The normalized spacial score (nSPS) is 12.3. The zero-order valence-electron chi connectivity index (χ0n) is 23.2. The molecule has 1 unspecified atom stereocenters. The molecule has 0 bridgehead atoms. The van der Waals surface area contributed by atoms with Gasteiger partial charge in [-0.25, -0.2) is 5.48 Å². The van der Waals surface area contributed by atoms with Crippen molar-refractivity contribution < 1.29 is 29.1 Å². The second-order valence-corrected chi connectivity index (χ2v) is 10.7. The lowest BCUT2D eigenvalue weighted by atomic mass is 9.87. The highest BCUT2D eigenvalue weighted by Gasteiger charge is 2.32. The number of rotatable bonds is 13. The van der Waals surface area contributed by atoms with Crippen LogP contribution in [0.25, 0.3) is 0 Å². The number of carbonyl (C=O) groups excluding carboxylic acids is 3. The molecule has 1 aliphatic rings. The van der Waals surface area contributed by atoms with Crippen molar-refractivity contribution in [1.29, 1.82) is 0 Å². The Hall–Kier alpha value is -4.46. The average molecular weight is 588 g/mol. The summed E-state index contributed by atoms with van der Waals surface area (Å²) in [4.78, 5) is 38.7. The van der Waals surface area contributed by atoms with Crippen LogP contribution in [0.1, 0.15) is 43.2 Å². The molecule has 42 heavy (non-hydrogen) atoms. The summed E-state index contributed by atoms with van der Waals surface area (Å²) in [5.74, 6) is 5.88. The number of thioether (sulfide) groups is 1. The standard InChI is InChI=1S/C32H33N3O6S/c1-2-3-20-40-22-15-17-23(18-16-22)42-28(31(37)35-39)14-8-9-19-33-29(36)21-34-32(38)30-24-10-4-6-12-26(24)41-27-13-7-5-11-25(27)30/h4-7,10-13,15-18,28,30,39H,8-9,14,19-21H2,1H3,(H,33,36)(H,34,38)(H,35,37). The quantitative estimate of drug-likeness (QED) is 0.0768. The van der Waals surface area contributed by atoms with Crippen molar-refractivity contribution >= 4 is 29.5 Å². The molecule has 0 aromatic heterocycles. The summed E-state index contributed by atoms with van der Waals surface area (Å²) >= 11 is 1.34. The SMILES string of the molecule is CC#CCOc1ccc(SC(CCCCNC(=O)CNC(=O)C2c3ccccc3Oc3ccccc32)C(=O)NO)cc1. The molecule has 0 radical (unpaired) electrons. The fourth-order valence-corrected chi connectivity index (χ4v) is 5.56. The van der Waals surface area contributed by atoms with Gasteiger partial charge in [-0.15, -0.1) is 17.7 Å². The van der Waals surface area contributed by atoms with Crippen LogP contribution in [0.4, 0.5) is 0 Å². The van der Waals surface area contributed by atoms with Crippen LogP contribution in [0.5, 0.6) is 17.2 Å². The molecule has 3 aromatic rings. The molecule has 9 nitrogen and oxygen atoms in total. The van der Waals surface area contributed by atoms with E-state index in [1.54, 1.807) is 12.4 Å². The first-order valence-electron chi connectivity index (χ1n) is 13.6. The van der Waals surface area contributed by atoms with Crippen LogP contribution in [0.3, 0.4) is 0 Å². The molecule has 4 rings (SSSR count). The molecule has 3 aromatic carbocycles. The van der Waals surface area contributed by atoms with Crippen molar-refractivity contribution in [1.82, 2.24) is 16.1 Å². The third kappa shape index (κ3) is 8.28. The Labute approximate surface area is 249 Å². The second kappa shape index (κ2) is 15.5. The number of carbonyl (C=O) groups is 3. The maximum Gasteiger partial charge on any atom is 0.256 e. The van der Waals surface area contributed by atoms with Gasteiger partial charge in [0, 0.05) is 22.6 Å². The first-order chi connectivity index (χ1) is 20.5. The van der Waals surface area contributed by atoms with Crippen LogP contribution >= 0.6 is 11.8 Å². The van der Waals surface area contributed by atoms with Gasteiger partial charge in [-0.3, -0.25) is 19.6 Å². The van der Waals surface area contributed by atoms with Gasteiger partial charge in [-0.05, 0) is 56.2 Å². The van der Waals surface area contributed by atoms with Crippen molar-refractivity contribution in [3.05, 3.63) is 83.9 Å². The fourth-order valence-electron chi connectivity index (χ4n) is 4.49. The van der Waals surface area contributed by atoms with E-state index in [2.05, 4.69) is 22.5 Å². The number of hydroxylamine groups is 1. The number of benzene rings is 3. The highest BCUT2D eigenvalue weighted by atomic mass is 32.2. The van der Waals surface area contributed by atoms with Gasteiger partial charge in [0.15, 0.2) is 0 Å². The Morgan fingerprint density at radius 2 is 1.62 bits per heavy atom. The van der Waals surface area contributed by atoms with E-state index in [0.717, 1.165) is 16.0 Å². The van der Waals surface area contributed by atoms with E-state index < -0.39 is 17.1 Å². The van der Waals surface area contributed by atoms with Gasteiger partial charge in [0.1, 0.15) is 23.9 Å². The molecule has 0 saturated carbocycles. The molecule has 1 aliphatic heterocycles. The molecule has 0 saturated heterocycles. The third-order valence-electron chi connectivity index (χ3n) is 6.57. The molecular weight excluding hydrogens is 554 g/mol. The average Bonchev–Trinajstić information content (AvgIpc) is 3.02. The maximum atomic E-state index is 13.2. The number of nitrogens with one attached hydrogen (secondary N) is 3. The summed E-state index contributed by atoms with van der Waals surface area (Å²) in [7, 11) is 0. The molecule has 3 amide bonds. The molecule has 0 spiro atoms. The first-order valence-corrected chi connectivity index (χ1v) is 14.5. The smallest absolute Gasteiger partial charge is 0.256 e. The summed E-state index contributed by atoms with van der Waals surface area (Å²) in [6.45, 7) is 2.29. The molecule has 4 N–H and O–H groups in total. The van der Waals surface area contributed by atoms with E-state index >= 15 is 0 Å². The topological polar surface area (TPSA) is 126 Å². The van der Waals surface area contributed by atoms with Crippen molar-refractivity contribution in [2.45, 2.75) is 42.2 Å². The van der Waals surface area contributed by atoms with E-state index in [0.29, 0.717) is 49.7 Å². The highest BCUT2D eigenvalue weighted by molar-refractivity contribution is 8.00. The van der Waals surface area contributed by atoms with Crippen LogP contribution in [0.2, 0.25) is 0 Å². The number of unbranched alkanes of at least 4 members (excludes halogenated alkanes) is 1. The fraction of sp³-hybridized carbons (Fsp3) is 0.281. The zero-order valence-corrected chi connectivity index (χ0v) is 24.0. The van der Waals surface area contributed by atoms with Crippen molar-refractivity contribution in [2.75, 3.05) is 19.7 Å². The van der Waals surface area contributed by atoms with Crippen LogP contribution in [-0.4, -0.2) is 47.9 Å². The predicted molar refractivity (Wildman–Crippen MR) is 160 cm³/mol. The molecule has 1 heterocycles. The lowest BCUT2D eigenvalue weighted by Crippen LogP contribution is -2.40. The lowest BCUT2D eigenvalue weighted by molar-refractivity contribution is -0.128. The van der Waals surface area contributed by atoms with Crippen LogP contribution in [-0.2, 0) is 14.4 Å². The highest BCUT2D eigenvalue weighted by Crippen LogP contribution is 2.43. The first kappa shape index (κ1) is 30.5. The van der Waals surface area contributed by atoms with E-state index in [1.807, 2.05) is 72.8 Å². The minimum absolute atomic E-state index is 0.156. The zero-order chi connectivity index (χ0) is 29.7. The molecule has 1 atom stereocenters. The Morgan fingerprint density at radius 3 is 2.26 bits per heavy atom. The molecule has 218 valence electrons. The summed E-state index contributed by atoms with van der Waals surface area (Å²) in [6.07, 6.45) is 1.77. The molecule has 0 aliphatic carbocycles. The molecule has 10 heteroatoms. The third-order valence-corrected chi connectivity index (χ3v) is 7.85. The van der Waals surface area contributed by atoms with Crippen molar-refractivity contribution in [3.8, 4) is 29.1 Å².